The molecule has 2 fully saturated rings. The molecule has 0 bridgehead atoms. The van der Waals surface area contributed by atoms with E-state index in [1.54, 1.807) is 6.20 Å². The van der Waals surface area contributed by atoms with Crippen molar-refractivity contribution in [1.82, 2.24) is 24.4 Å². The number of carbonyl (C=O) groups excluding carboxylic acids is 1. The summed E-state index contributed by atoms with van der Waals surface area (Å²) in [5.41, 5.74) is 6.24. The third-order valence-corrected chi connectivity index (χ3v) is 7.88. The number of nitrogens with two attached hydrogens (primary N) is 1. The number of carbonyl (C=O) groups is 1. The largest absolute Gasteiger partial charge is 0.369 e. The van der Waals surface area contributed by atoms with Crippen LogP contribution in [0.25, 0.3) is 11.2 Å². The lowest BCUT2D eigenvalue weighted by Crippen LogP contribution is -2.45. The van der Waals surface area contributed by atoms with Gasteiger partial charge in [-0.2, -0.15) is 4.98 Å². The highest BCUT2D eigenvalue weighted by molar-refractivity contribution is 6.30. The van der Waals surface area contributed by atoms with Crippen LogP contribution in [0, 0.1) is 17.6 Å². The average molecular weight is 547 g/mol. The number of fused-ring (bicyclic) bond motifs is 1. The van der Waals surface area contributed by atoms with Gasteiger partial charge < -0.3 is 16.4 Å². The minimum Gasteiger partial charge on any atom is -0.369 e. The van der Waals surface area contributed by atoms with Crippen molar-refractivity contribution in [3.63, 3.8) is 0 Å². The van der Waals surface area contributed by atoms with Crippen LogP contribution in [0.1, 0.15) is 58.4 Å². The Hall–Kier alpha value is -3.05. The molecule has 2 aromatic heterocycles. The molecule has 0 radical (unpaired) electrons. The first-order valence-electron chi connectivity index (χ1n) is 13.2. The number of piperidine rings is 1. The lowest BCUT2D eigenvalue weighted by molar-refractivity contribution is -0.122. The minimum absolute atomic E-state index is 0.0378. The van der Waals surface area contributed by atoms with Crippen molar-refractivity contribution in [2.75, 3.05) is 23.7 Å². The van der Waals surface area contributed by atoms with Crippen LogP contribution in [0.15, 0.2) is 18.3 Å². The van der Waals surface area contributed by atoms with Crippen molar-refractivity contribution in [3.8, 4) is 0 Å². The van der Waals surface area contributed by atoms with Crippen LogP contribution in [0.4, 0.5) is 26.4 Å². The van der Waals surface area contributed by atoms with E-state index in [0.717, 1.165) is 38.1 Å². The van der Waals surface area contributed by atoms with Crippen molar-refractivity contribution in [3.05, 3.63) is 35.0 Å². The Morgan fingerprint density at radius 3 is 2.50 bits per heavy atom. The van der Waals surface area contributed by atoms with Crippen LogP contribution in [-0.4, -0.2) is 55.5 Å². The minimum atomic E-state index is -0.827. The Balaban J connectivity index is 1.49. The third-order valence-electron chi connectivity index (χ3n) is 7.66. The molecule has 1 saturated carbocycles. The van der Waals surface area contributed by atoms with Gasteiger partial charge in [0.05, 0.1) is 6.20 Å². The number of hydrogen-bond acceptors (Lipinski definition) is 7. The highest BCUT2D eigenvalue weighted by Crippen LogP contribution is 2.38. The van der Waals surface area contributed by atoms with Crippen molar-refractivity contribution in [1.29, 1.82) is 0 Å². The maximum Gasteiger partial charge on any atom is 0.225 e. The molecule has 2 aliphatic rings. The molecule has 1 saturated heterocycles. The molecule has 4 N–H and O–H groups in total. The molecule has 0 spiro atoms. The fourth-order valence-electron chi connectivity index (χ4n) is 5.56. The van der Waals surface area contributed by atoms with Crippen molar-refractivity contribution < 1.29 is 13.6 Å². The van der Waals surface area contributed by atoms with Crippen molar-refractivity contribution in [2.45, 2.75) is 70.5 Å². The summed E-state index contributed by atoms with van der Waals surface area (Å²) in [7, 11) is 0. The highest BCUT2D eigenvalue weighted by atomic mass is 35.5. The number of aromatic nitrogens is 4. The quantitative estimate of drug-likeness (QED) is 0.382. The third kappa shape index (κ3) is 5.54. The second kappa shape index (κ2) is 11.0. The number of anilines is 3. The maximum absolute atomic E-state index is 14.7. The van der Waals surface area contributed by atoms with E-state index in [2.05, 4.69) is 39.3 Å². The summed E-state index contributed by atoms with van der Waals surface area (Å²) in [6.07, 6.45) is 6.27. The van der Waals surface area contributed by atoms with E-state index in [9.17, 15) is 13.6 Å². The zero-order chi connectivity index (χ0) is 27.0. The molecule has 204 valence electrons. The Kier molecular flexibility index (Phi) is 7.67. The Bertz CT molecular complexity index is 1300. The summed E-state index contributed by atoms with van der Waals surface area (Å²) in [6.45, 7) is 6.36. The van der Waals surface area contributed by atoms with Crippen molar-refractivity contribution >= 4 is 46.3 Å². The molecule has 3 heterocycles. The molecular weight excluding hydrogens is 514 g/mol. The number of halogens is 3. The van der Waals surface area contributed by atoms with Crippen LogP contribution in [0.3, 0.4) is 0 Å². The summed E-state index contributed by atoms with van der Waals surface area (Å²) in [5, 5.41) is 6.27. The molecule has 1 amide bonds. The lowest BCUT2D eigenvalue weighted by atomic mass is 9.85. The number of nitrogens with one attached hydrogen (secondary N) is 2. The Morgan fingerprint density at radius 1 is 1.13 bits per heavy atom. The molecule has 1 aromatic carbocycles. The monoisotopic (exact) mass is 546 g/mol. The number of amides is 1. The smallest absolute Gasteiger partial charge is 0.225 e. The topological polar surface area (TPSA) is 114 Å². The van der Waals surface area contributed by atoms with Gasteiger partial charge in [-0.15, -0.1) is 0 Å². The zero-order valence-electron chi connectivity index (χ0n) is 21.6. The summed E-state index contributed by atoms with van der Waals surface area (Å²) >= 11 is 5.81. The van der Waals surface area contributed by atoms with Gasteiger partial charge in [-0.05, 0) is 71.0 Å². The summed E-state index contributed by atoms with van der Waals surface area (Å²) in [4.78, 5) is 28.1. The predicted octanol–water partition coefficient (Wildman–Crippen LogP) is 5.00. The van der Waals surface area contributed by atoms with Gasteiger partial charge in [0.25, 0.3) is 0 Å². The van der Waals surface area contributed by atoms with Gasteiger partial charge in [0.1, 0.15) is 11.2 Å². The van der Waals surface area contributed by atoms with E-state index in [0.29, 0.717) is 48.8 Å². The summed E-state index contributed by atoms with van der Waals surface area (Å²) < 4.78 is 31.2. The second-order valence-corrected chi connectivity index (χ2v) is 11.0. The van der Waals surface area contributed by atoms with Crippen LogP contribution < -0.4 is 16.4 Å². The molecule has 5 rings (SSSR count). The summed E-state index contributed by atoms with van der Waals surface area (Å²) in [5.74, 6) is -1.42. The number of primary amides is 1. The van der Waals surface area contributed by atoms with Gasteiger partial charge in [0.2, 0.25) is 17.8 Å². The molecular formula is C26H33ClF2N8O. The second-order valence-electron chi connectivity index (χ2n) is 10.6. The highest BCUT2D eigenvalue weighted by Gasteiger charge is 2.30. The number of benzene rings is 1. The number of rotatable bonds is 7. The van der Waals surface area contributed by atoms with Crippen LogP contribution in [0.5, 0.6) is 0 Å². The van der Waals surface area contributed by atoms with Crippen LogP contribution in [0.2, 0.25) is 5.02 Å². The first-order chi connectivity index (χ1) is 18.2. The number of nitrogens with zero attached hydrogens (tertiary/aromatic N) is 5. The van der Waals surface area contributed by atoms with E-state index in [1.165, 1.54) is 0 Å². The van der Waals surface area contributed by atoms with Gasteiger partial charge in [0.15, 0.2) is 17.3 Å². The molecule has 3 aromatic rings. The first-order valence-corrected chi connectivity index (χ1v) is 13.5. The fraction of sp³-hybridized carbons (Fsp3) is 0.538. The molecule has 1 unspecified atom stereocenters. The predicted molar refractivity (Wildman–Crippen MR) is 144 cm³/mol. The van der Waals surface area contributed by atoms with Crippen LogP contribution in [-0.2, 0) is 4.79 Å². The van der Waals surface area contributed by atoms with Crippen LogP contribution >= 0.6 is 11.6 Å². The van der Waals surface area contributed by atoms with E-state index in [4.69, 9.17) is 22.3 Å². The lowest BCUT2D eigenvalue weighted by Gasteiger charge is -2.35. The number of hydrogen-bond donors (Lipinski definition) is 3. The average Bonchev–Trinajstić information content (AvgIpc) is 3.23. The van der Waals surface area contributed by atoms with Crippen molar-refractivity contribution in [2.24, 2.45) is 11.7 Å². The van der Waals surface area contributed by atoms with E-state index < -0.39 is 11.6 Å². The van der Waals surface area contributed by atoms with Gasteiger partial charge in [-0.25, -0.2) is 18.7 Å². The van der Waals surface area contributed by atoms with E-state index in [1.807, 2.05) is 4.57 Å². The Morgan fingerprint density at radius 2 is 1.84 bits per heavy atom. The molecule has 1 aliphatic carbocycles. The molecule has 9 nitrogen and oxygen atoms in total. The maximum atomic E-state index is 14.7. The fourth-order valence-corrected chi connectivity index (χ4v) is 5.75. The SMILES string of the molecule is CC(C)N1CCCC(Nc2ncc3nc(Nc4c(F)cc(Cl)cc4F)n(C4CCC(C(N)=O)CC4)c3n2)C1. The number of imidazole rings is 1. The standard InChI is InChI=1S/C26H33ClF2N8O/c1-14(2)36-9-3-4-17(13-36)32-25-31-12-21-24(35-25)37(18-7-5-15(6-8-18)23(30)38)26(33-21)34-22-19(28)10-16(27)11-20(22)29/h10-12,14-15,17-18H,3-9,13H2,1-2H3,(H2,30,38)(H,33,34)(H,31,32,35). The zero-order valence-corrected chi connectivity index (χ0v) is 22.3. The van der Waals surface area contributed by atoms with Gasteiger partial charge >= 0.3 is 0 Å². The van der Waals surface area contributed by atoms with Gasteiger partial charge in [-0.1, -0.05) is 11.6 Å². The Labute approximate surface area is 225 Å². The van der Waals surface area contributed by atoms with E-state index >= 15 is 0 Å². The summed E-state index contributed by atoms with van der Waals surface area (Å²) in [6, 6.07) is 2.67. The molecule has 38 heavy (non-hydrogen) atoms. The molecule has 12 heteroatoms. The molecule has 1 atom stereocenters. The van der Waals surface area contributed by atoms with Gasteiger partial charge in [0, 0.05) is 35.6 Å². The normalized spacial score (nSPS) is 22.6. The van der Waals surface area contributed by atoms with Gasteiger partial charge in [-0.3, -0.25) is 14.3 Å². The number of likely N-dealkylation sites (tertiary alicyclic amines) is 1. The first kappa shape index (κ1) is 26.6. The molecule has 1 aliphatic heterocycles. The van der Waals surface area contributed by atoms with E-state index in [-0.39, 0.29) is 40.6 Å².